The molecule has 2 amide bonds. The van der Waals surface area contributed by atoms with Crippen molar-refractivity contribution in [3.63, 3.8) is 0 Å². The van der Waals surface area contributed by atoms with Crippen LogP contribution in [-0.4, -0.2) is 33.8 Å². The standard InChI is InChI=1S/C20H22N2O3S/c1-2-21(20(24)26)22(14-6-9-19(22)23)15-16-10-12-18(13-11-16)25-17-7-4-3-5-8-17/h3-5,7-8,10-13H,2,6,9,14-15H2,1H3/p+1. The van der Waals surface area contributed by atoms with E-state index in [4.69, 9.17) is 4.74 Å². The molecule has 26 heavy (non-hydrogen) atoms. The fraction of sp³-hybridized carbons (Fsp3) is 0.300. The highest BCUT2D eigenvalue weighted by molar-refractivity contribution is 7.96. The van der Waals surface area contributed by atoms with Gasteiger partial charge in [0.05, 0.1) is 13.0 Å². The smallest absolute Gasteiger partial charge is 0.338 e. The second kappa shape index (κ2) is 7.93. The number of rotatable bonds is 6. The van der Waals surface area contributed by atoms with Crippen LogP contribution in [0.25, 0.3) is 0 Å². The Hall–Kier alpha value is -2.31. The molecule has 0 radical (unpaired) electrons. The molecule has 0 aliphatic carbocycles. The van der Waals surface area contributed by atoms with Crippen molar-refractivity contribution in [2.24, 2.45) is 0 Å². The summed E-state index contributed by atoms with van der Waals surface area (Å²) in [6, 6.07) is 17.2. The molecule has 2 aromatic rings. The number of nitrogens with zero attached hydrogens (tertiary/aromatic N) is 2. The van der Waals surface area contributed by atoms with Gasteiger partial charge in [0.2, 0.25) is 0 Å². The van der Waals surface area contributed by atoms with Gasteiger partial charge in [-0.3, -0.25) is 4.79 Å². The van der Waals surface area contributed by atoms with Crippen molar-refractivity contribution < 1.29 is 18.9 Å². The molecule has 0 aromatic heterocycles. The zero-order chi connectivity index (χ0) is 18.6. The fourth-order valence-corrected chi connectivity index (χ4v) is 3.80. The minimum Gasteiger partial charge on any atom is -0.457 e. The van der Waals surface area contributed by atoms with Gasteiger partial charge in [-0.1, -0.05) is 30.8 Å². The summed E-state index contributed by atoms with van der Waals surface area (Å²) in [4.78, 5) is 24.6. The molecule has 1 aliphatic rings. The zero-order valence-corrected chi connectivity index (χ0v) is 15.7. The lowest BCUT2D eigenvalue weighted by molar-refractivity contribution is -0.959. The van der Waals surface area contributed by atoms with Crippen LogP contribution in [0.2, 0.25) is 0 Å². The molecule has 1 unspecified atom stereocenters. The molecule has 1 fully saturated rings. The number of quaternary nitrogens is 1. The van der Waals surface area contributed by atoms with E-state index in [1.807, 2.05) is 61.5 Å². The van der Waals surface area contributed by atoms with Crippen LogP contribution >= 0.6 is 12.6 Å². The molecule has 1 saturated heterocycles. The molecule has 0 spiro atoms. The summed E-state index contributed by atoms with van der Waals surface area (Å²) in [6.07, 6.45) is 1.28. The van der Waals surface area contributed by atoms with Gasteiger partial charge in [0, 0.05) is 12.0 Å². The number of benzene rings is 2. The average Bonchev–Trinajstić information content (AvgIpc) is 2.99. The number of thiol groups is 1. The van der Waals surface area contributed by atoms with Crippen molar-refractivity contribution in [1.29, 1.82) is 0 Å². The Morgan fingerprint density at radius 3 is 2.31 bits per heavy atom. The average molecular weight is 371 g/mol. The lowest BCUT2D eigenvalue weighted by Gasteiger charge is -2.39. The van der Waals surface area contributed by atoms with E-state index in [1.54, 1.807) is 5.01 Å². The highest BCUT2D eigenvalue weighted by atomic mass is 32.1. The molecule has 1 atom stereocenters. The molecule has 0 N–H and O–H groups in total. The van der Waals surface area contributed by atoms with Gasteiger partial charge in [-0.25, -0.2) is 4.79 Å². The third kappa shape index (κ3) is 3.76. The minimum atomic E-state index is -0.369. The first-order chi connectivity index (χ1) is 12.5. The number of carbonyl (C=O) groups excluding carboxylic acids is 2. The minimum absolute atomic E-state index is 0.0255. The third-order valence-corrected chi connectivity index (χ3v) is 4.94. The van der Waals surface area contributed by atoms with Gasteiger partial charge in [0.1, 0.15) is 24.6 Å². The predicted molar refractivity (Wildman–Crippen MR) is 103 cm³/mol. The van der Waals surface area contributed by atoms with E-state index >= 15 is 0 Å². The molecule has 3 rings (SSSR count). The van der Waals surface area contributed by atoms with Gasteiger partial charge < -0.3 is 4.74 Å². The van der Waals surface area contributed by atoms with Crippen LogP contribution in [0.4, 0.5) is 4.79 Å². The van der Waals surface area contributed by atoms with Crippen molar-refractivity contribution in [2.75, 3.05) is 13.1 Å². The molecular weight excluding hydrogens is 348 g/mol. The number of ether oxygens (including phenoxy) is 1. The Bertz CT molecular complexity index is 779. The number of para-hydroxylation sites is 1. The first-order valence-corrected chi connectivity index (χ1v) is 9.23. The van der Waals surface area contributed by atoms with Crippen molar-refractivity contribution in [3.05, 3.63) is 60.2 Å². The molecule has 136 valence electrons. The van der Waals surface area contributed by atoms with Gasteiger partial charge in [-0.2, -0.15) is 9.60 Å². The monoisotopic (exact) mass is 371 g/mol. The van der Waals surface area contributed by atoms with Crippen LogP contribution in [0.3, 0.4) is 0 Å². The molecule has 5 nitrogen and oxygen atoms in total. The van der Waals surface area contributed by atoms with Gasteiger partial charge in [-0.05, 0) is 43.3 Å². The number of hydrogen-bond donors (Lipinski definition) is 1. The Morgan fingerprint density at radius 1 is 1.12 bits per heavy atom. The second-order valence-electron chi connectivity index (χ2n) is 6.36. The number of hydrogen-bond acceptors (Lipinski definition) is 3. The maximum atomic E-state index is 12.6. The summed E-state index contributed by atoms with van der Waals surface area (Å²) in [5, 5.41) is 1.18. The summed E-state index contributed by atoms with van der Waals surface area (Å²) in [5.74, 6) is 1.58. The zero-order valence-electron chi connectivity index (χ0n) is 14.8. The van der Waals surface area contributed by atoms with Crippen LogP contribution < -0.4 is 4.74 Å². The lowest BCUT2D eigenvalue weighted by atomic mass is 10.2. The van der Waals surface area contributed by atoms with E-state index < -0.39 is 0 Å². The Morgan fingerprint density at radius 2 is 1.77 bits per heavy atom. The van der Waals surface area contributed by atoms with Gasteiger partial charge in [0.25, 0.3) is 0 Å². The van der Waals surface area contributed by atoms with Gasteiger partial charge in [0.15, 0.2) is 0 Å². The maximum absolute atomic E-state index is 12.6. The SMILES string of the molecule is CCN(C(=O)S)[N+]1(Cc2ccc(Oc3ccccc3)cc2)CCCC1=O. The number of carbonyl (C=O) groups is 2. The van der Waals surface area contributed by atoms with Crippen molar-refractivity contribution in [1.82, 2.24) is 5.01 Å². The number of likely N-dealkylation sites (tertiary alicyclic amines) is 1. The summed E-state index contributed by atoms with van der Waals surface area (Å²) in [5.41, 5.74) is 0.980. The van der Waals surface area contributed by atoms with E-state index in [0.29, 0.717) is 26.1 Å². The maximum Gasteiger partial charge on any atom is 0.338 e. The first-order valence-electron chi connectivity index (χ1n) is 8.78. The van der Waals surface area contributed by atoms with Crippen molar-refractivity contribution in [2.45, 2.75) is 26.3 Å². The van der Waals surface area contributed by atoms with E-state index in [9.17, 15) is 9.59 Å². The molecule has 1 heterocycles. The van der Waals surface area contributed by atoms with E-state index in [1.165, 1.54) is 0 Å². The van der Waals surface area contributed by atoms with Crippen molar-refractivity contribution in [3.8, 4) is 11.5 Å². The predicted octanol–water partition coefficient (Wildman–Crippen LogP) is 4.40. The molecule has 6 heteroatoms. The topological polar surface area (TPSA) is 46.6 Å². The van der Waals surface area contributed by atoms with Gasteiger partial charge in [-0.15, -0.1) is 0 Å². The Kier molecular flexibility index (Phi) is 5.64. The lowest BCUT2D eigenvalue weighted by Crippen LogP contribution is -2.61. The van der Waals surface area contributed by atoms with E-state index in [-0.39, 0.29) is 15.7 Å². The number of amides is 2. The molecule has 0 saturated carbocycles. The molecule has 2 aromatic carbocycles. The quantitative estimate of drug-likeness (QED) is 0.605. The van der Waals surface area contributed by atoms with Crippen LogP contribution in [0, 0.1) is 0 Å². The van der Waals surface area contributed by atoms with E-state index in [0.717, 1.165) is 23.5 Å². The molecule has 1 aliphatic heterocycles. The second-order valence-corrected chi connectivity index (χ2v) is 6.74. The summed E-state index contributed by atoms with van der Waals surface area (Å²) in [7, 11) is 0. The molecular formula is C20H23N2O3S+. The Balaban J connectivity index is 1.79. The van der Waals surface area contributed by atoms with E-state index in [2.05, 4.69) is 12.6 Å². The largest absolute Gasteiger partial charge is 0.457 e. The fourth-order valence-electron chi connectivity index (χ4n) is 3.49. The highest BCUT2D eigenvalue weighted by Crippen LogP contribution is 2.30. The summed E-state index contributed by atoms with van der Waals surface area (Å²) >= 11 is 3.98. The normalized spacial score (nSPS) is 19.4. The first kappa shape index (κ1) is 18.5. The highest BCUT2D eigenvalue weighted by Gasteiger charge is 2.48. The van der Waals surface area contributed by atoms with Crippen molar-refractivity contribution >= 4 is 23.8 Å². The Labute approximate surface area is 159 Å². The van der Waals surface area contributed by atoms with Crippen LogP contribution in [0.1, 0.15) is 25.3 Å². The third-order valence-electron chi connectivity index (χ3n) is 4.71. The van der Waals surface area contributed by atoms with Crippen LogP contribution in [0.15, 0.2) is 54.6 Å². The van der Waals surface area contributed by atoms with Gasteiger partial charge >= 0.3 is 11.1 Å². The summed E-state index contributed by atoms with van der Waals surface area (Å²) in [6.45, 7) is 3.39. The molecule has 0 bridgehead atoms. The van der Waals surface area contributed by atoms with Crippen LogP contribution in [-0.2, 0) is 11.3 Å². The van der Waals surface area contributed by atoms with Crippen LogP contribution in [0.5, 0.6) is 11.5 Å². The summed E-state index contributed by atoms with van der Waals surface area (Å²) < 4.78 is 5.83.